The summed E-state index contributed by atoms with van der Waals surface area (Å²) in [5.41, 5.74) is 8.57. The highest BCUT2D eigenvalue weighted by Gasteiger charge is 2.32. The molecule has 2 fully saturated rings. The molecule has 7 heteroatoms. The molecule has 2 saturated carbocycles. The molecule has 2 aliphatic rings. The van der Waals surface area contributed by atoms with Crippen molar-refractivity contribution < 1.29 is 8.78 Å². The van der Waals surface area contributed by atoms with Crippen LogP contribution >= 0.6 is 12.4 Å². The lowest BCUT2D eigenvalue weighted by Crippen LogP contribution is -2.14. The number of aromatic nitrogens is 2. The molecule has 1 heterocycles. The van der Waals surface area contributed by atoms with Gasteiger partial charge in [-0.05, 0) is 56.2 Å². The molecule has 4 rings (SSSR count). The molecule has 25 heavy (non-hydrogen) atoms. The fourth-order valence-corrected chi connectivity index (χ4v) is 3.39. The van der Waals surface area contributed by atoms with Crippen LogP contribution in [0.3, 0.4) is 0 Å². The van der Waals surface area contributed by atoms with E-state index in [0.717, 1.165) is 42.5 Å². The molecule has 0 atom stereocenters. The molecule has 0 unspecified atom stereocenters. The molecule has 0 aliphatic heterocycles. The van der Waals surface area contributed by atoms with Crippen molar-refractivity contribution in [2.75, 3.05) is 0 Å². The first kappa shape index (κ1) is 17.9. The molecule has 2 aliphatic carbocycles. The van der Waals surface area contributed by atoms with Crippen LogP contribution in [0.1, 0.15) is 65.6 Å². The Morgan fingerprint density at radius 2 is 1.76 bits per heavy atom. The zero-order valence-electron chi connectivity index (χ0n) is 14.0. The third-order valence-corrected chi connectivity index (χ3v) is 4.98. The van der Waals surface area contributed by atoms with Gasteiger partial charge in [0.2, 0.25) is 0 Å². The van der Waals surface area contributed by atoms with Gasteiger partial charge in [0.05, 0.1) is 6.54 Å². The van der Waals surface area contributed by atoms with Gasteiger partial charge in [0.1, 0.15) is 23.2 Å². The van der Waals surface area contributed by atoms with Gasteiger partial charge >= 0.3 is 0 Å². The Kier molecular flexibility index (Phi) is 4.58. The predicted octanol–water partition coefficient (Wildman–Crippen LogP) is 3.98. The SMILES string of the molecule is Cc1c(C(=N)N)nn(Cc2c(F)cc(C3CC3)cc2F)c1C1CC1.Cl. The van der Waals surface area contributed by atoms with Crippen LogP contribution in [0.25, 0.3) is 0 Å². The Morgan fingerprint density at radius 3 is 2.24 bits per heavy atom. The smallest absolute Gasteiger partial charge is 0.144 e. The van der Waals surface area contributed by atoms with Gasteiger partial charge in [-0.2, -0.15) is 5.10 Å². The van der Waals surface area contributed by atoms with E-state index in [-0.39, 0.29) is 30.4 Å². The van der Waals surface area contributed by atoms with Crippen molar-refractivity contribution in [2.24, 2.45) is 5.73 Å². The lowest BCUT2D eigenvalue weighted by molar-refractivity contribution is 0.523. The highest BCUT2D eigenvalue weighted by Crippen LogP contribution is 2.43. The van der Waals surface area contributed by atoms with Crippen molar-refractivity contribution in [3.63, 3.8) is 0 Å². The fraction of sp³-hybridized carbons (Fsp3) is 0.444. The van der Waals surface area contributed by atoms with E-state index in [1.807, 2.05) is 6.92 Å². The van der Waals surface area contributed by atoms with Crippen LogP contribution in [0.2, 0.25) is 0 Å². The summed E-state index contributed by atoms with van der Waals surface area (Å²) in [7, 11) is 0. The lowest BCUT2D eigenvalue weighted by Gasteiger charge is -2.11. The average molecular weight is 367 g/mol. The number of nitrogens with two attached hydrogens (primary N) is 1. The van der Waals surface area contributed by atoms with Crippen LogP contribution in [0.4, 0.5) is 8.78 Å². The molecular weight excluding hydrogens is 346 g/mol. The monoisotopic (exact) mass is 366 g/mol. The molecule has 4 nitrogen and oxygen atoms in total. The van der Waals surface area contributed by atoms with E-state index >= 15 is 0 Å². The number of hydrogen-bond donors (Lipinski definition) is 2. The van der Waals surface area contributed by atoms with Gasteiger partial charge in [-0.3, -0.25) is 10.1 Å². The first-order valence-corrected chi connectivity index (χ1v) is 8.35. The molecule has 2 aromatic rings. The number of nitrogens with one attached hydrogen (secondary N) is 1. The first-order chi connectivity index (χ1) is 11.5. The topological polar surface area (TPSA) is 67.7 Å². The average Bonchev–Trinajstić information content (AvgIpc) is 3.41. The minimum absolute atomic E-state index is 0. The highest BCUT2D eigenvalue weighted by atomic mass is 35.5. The minimum atomic E-state index is -0.517. The molecule has 0 bridgehead atoms. The molecule has 0 amide bonds. The summed E-state index contributed by atoms with van der Waals surface area (Å²) in [6.07, 6.45) is 4.08. The maximum atomic E-state index is 14.5. The third kappa shape index (κ3) is 3.27. The van der Waals surface area contributed by atoms with Crippen molar-refractivity contribution in [2.45, 2.75) is 51.0 Å². The van der Waals surface area contributed by atoms with Crippen LogP contribution in [-0.2, 0) is 6.54 Å². The van der Waals surface area contributed by atoms with E-state index < -0.39 is 11.6 Å². The van der Waals surface area contributed by atoms with E-state index in [4.69, 9.17) is 11.1 Å². The van der Waals surface area contributed by atoms with Crippen LogP contribution < -0.4 is 5.73 Å². The standard InChI is InChI=1S/C18H20F2N4.ClH/c1-9-16(18(21)22)23-24(17(9)11-4-5-11)8-13-14(19)6-12(7-15(13)20)10-2-3-10;/h6-7,10-11H,2-5,8H2,1H3,(H3,21,22);1H. The summed E-state index contributed by atoms with van der Waals surface area (Å²) < 4.78 is 30.5. The molecule has 3 N–H and O–H groups in total. The minimum Gasteiger partial charge on any atom is -0.382 e. The van der Waals surface area contributed by atoms with Crippen molar-refractivity contribution in [3.05, 3.63) is 51.8 Å². The van der Waals surface area contributed by atoms with Crippen molar-refractivity contribution in [3.8, 4) is 0 Å². The van der Waals surface area contributed by atoms with E-state index in [0.29, 0.717) is 17.5 Å². The molecule has 1 aromatic heterocycles. The lowest BCUT2D eigenvalue weighted by atomic mass is 10.1. The molecule has 0 radical (unpaired) electrons. The van der Waals surface area contributed by atoms with Crippen molar-refractivity contribution >= 4 is 18.2 Å². The van der Waals surface area contributed by atoms with Gasteiger partial charge in [-0.15, -0.1) is 12.4 Å². The van der Waals surface area contributed by atoms with Gasteiger partial charge in [-0.25, -0.2) is 8.78 Å². The summed E-state index contributed by atoms with van der Waals surface area (Å²) >= 11 is 0. The van der Waals surface area contributed by atoms with Gasteiger partial charge in [0.25, 0.3) is 0 Å². The van der Waals surface area contributed by atoms with Gasteiger partial charge < -0.3 is 5.73 Å². The second-order valence-electron chi connectivity index (χ2n) is 6.94. The van der Waals surface area contributed by atoms with E-state index in [1.165, 1.54) is 12.1 Å². The zero-order chi connectivity index (χ0) is 17.0. The van der Waals surface area contributed by atoms with Crippen molar-refractivity contribution in [1.29, 1.82) is 5.41 Å². The normalized spacial score (nSPS) is 16.6. The number of nitrogen functional groups attached to an aromatic ring is 1. The summed E-state index contributed by atoms with van der Waals surface area (Å²) in [6.45, 7) is 1.90. The Hall–Kier alpha value is -1.95. The second kappa shape index (κ2) is 6.41. The number of halogens is 3. The second-order valence-corrected chi connectivity index (χ2v) is 6.94. The van der Waals surface area contributed by atoms with Gasteiger partial charge in [0.15, 0.2) is 0 Å². The number of hydrogen-bond acceptors (Lipinski definition) is 2. The Balaban J connectivity index is 0.00000182. The Morgan fingerprint density at radius 1 is 1.20 bits per heavy atom. The van der Waals surface area contributed by atoms with Crippen LogP contribution in [0.5, 0.6) is 0 Å². The summed E-state index contributed by atoms with van der Waals surface area (Å²) in [4.78, 5) is 0. The molecule has 0 spiro atoms. The van der Waals surface area contributed by atoms with Gasteiger partial charge in [0, 0.05) is 22.7 Å². The maximum absolute atomic E-state index is 14.5. The zero-order valence-corrected chi connectivity index (χ0v) is 14.8. The summed E-state index contributed by atoms with van der Waals surface area (Å²) in [6, 6.07) is 2.91. The fourth-order valence-electron chi connectivity index (χ4n) is 3.39. The van der Waals surface area contributed by atoms with Crippen molar-refractivity contribution in [1.82, 2.24) is 9.78 Å². The van der Waals surface area contributed by atoms with Crippen LogP contribution in [0.15, 0.2) is 12.1 Å². The van der Waals surface area contributed by atoms with Gasteiger partial charge in [-0.1, -0.05) is 0 Å². The largest absolute Gasteiger partial charge is 0.382 e. The molecule has 0 saturated heterocycles. The highest BCUT2D eigenvalue weighted by molar-refractivity contribution is 5.94. The quantitative estimate of drug-likeness (QED) is 0.620. The first-order valence-electron chi connectivity index (χ1n) is 8.35. The third-order valence-electron chi connectivity index (χ3n) is 4.98. The van der Waals surface area contributed by atoms with Crippen LogP contribution in [-0.4, -0.2) is 15.6 Å². The maximum Gasteiger partial charge on any atom is 0.144 e. The summed E-state index contributed by atoms with van der Waals surface area (Å²) in [5.74, 6) is -0.491. The van der Waals surface area contributed by atoms with Crippen LogP contribution in [0, 0.1) is 24.0 Å². The van der Waals surface area contributed by atoms with E-state index in [1.54, 1.807) is 4.68 Å². The predicted molar refractivity (Wildman–Crippen MR) is 94.6 cm³/mol. The molecule has 1 aromatic carbocycles. The number of benzene rings is 1. The number of rotatable bonds is 5. The summed E-state index contributed by atoms with van der Waals surface area (Å²) in [5, 5.41) is 12.0. The molecule has 134 valence electrons. The van der Waals surface area contributed by atoms with E-state index in [9.17, 15) is 8.78 Å². The number of amidine groups is 1. The Bertz CT molecular complexity index is 815. The molecular formula is C18H21ClF2N4. The Labute approximate surface area is 151 Å². The van der Waals surface area contributed by atoms with E-state index in [2.05, 4.69) is 5.10 Å². The number of nitrogens with zero attached hydrogens (tertiary/aromatic N) is 2.